The molecule has 0 unspecified atom stereocenters. The monoisotopic (exact) mass is 970 g/mol. The van der Waals surface area contributed by atoms with Gasteiger partial charge in [0.2, 0.25) is 0 Å². The molecule has 2 aromatic heterocycles. The fourth-order valence-electron chi connectivity index (χ4n) is 8.87. The van der Waals surface area contributed by atoms with E-state index in [1.165, 1.54) is 0 Å². The number of carboxylic acids is 4. The summed E-state index contributed by atoms with van der Waals surface area (Å²) in [4.78, 5) is 49.3. The van der Waals surface area contributed by atoms with Crippen molar-refractivity contribution < 1.29 is 39.6 Å². The predicted molar refractivity (Wildman–Crippen MR) is 268 cm³/mol. The third kappa shape index (κ3) is 10.6. The zero-order valence-electron chi connectivity index (χ0n) is 37.6. The van der Waals surface area contributed by atoms with Crippen molar-refractivity contribution in [2.24, 2.45) is 0 Å². The lowest BCUT2D eigenvalue weighted by molar-refractivity contribution is -0.138. The van der Waals surface area contributed by atoms with Crippen molar-refractivity contribution >= 4 is 81.5 Å². The summed E-state index contributed by atoms with van der Waals surface area (Å²) in [6, 6.07) is 47.8. The van der Waals surface area contributed by atoms with Crippen molar-refractivity contribution in [2.45, 2.75) is 63.2 Å². The number of anilines is 6. The maximum absolute atomic E-state index is 11.3. The predicted octanol–water partition coefficient (Wildman–Crippen LogP) is 11.1. The molecule has 0 amide bonds. The quantitative estimate of drug-likeness (QED) is 0.0561. The molecule has 0 aliphatic heterocycles. The first-order valence-electron chi connectivity index (χ1n) is 22.7. The number of aliphatic carboxylic acids is 4. The zero-order chi connectivity index (χ0) is 48.7. The van der Waals surface area contributed by atoms with Gasteiger partial charge in [0, 0.05) is 59.8 Å². The third-order valence-electron chi connectivity index (χ3n) is 12.4. The van der Waals surface area contributed by atoms with Crippen molar-refractivity contribution in [2.75, 3.05) is 9.80 Å². The highest BCUT2D eigenvalue weighted by atomic mass is 32.1. The lowest BCUT2D eigenvalue weighted by Crippen LogP contribution is -2.20. The molecule has 0 saturated carbocycles. The maximum atomic E-state index is 11.3. The van der Waals surface area contributed by atoms with E-state index in [1.54, 1.807) is 0 Å². The van der Waals surface area contributed by atoms with Gasteiger partial charge in [0.1, 0.15) is 0 Å². The van der Waals surface area contributed by atoms with Gasteiger partial charge in [-0.1, -0.05) is 72.8 Å². The molecule has 16 heteroatoms. The van der Waals surface area contributed by atoms with E-state index in [2.05, 4.69) is 58.3 Å². The molecular weight excluding hydrogens is 925 g/mol. The number of carboxylic acid groups (broad SMARTS) is 4. The van der Waals surface area contributed by atoms with E-state index in [0.717, 1.165) is 114 Å². The van der Waals surface area contributed by atoms with Crippen LogP contribution in [-0.2, 0) is 44.9 Å². The molecule has 0 fully saturated rings. The Morgan fingerprint density at radius 3 is 0.743 bits per heavy atom. The zero-order valence-corrected chi connectivity index (χ0v) is 39.2. The van der Waals surface area contributed by atoms with Crippen LogP contribution in [0.1, 0.15) is 93.7 Å². The summed E-state index contributed by atoms with van der Waals surface area (Å²) < 4.78 is 19.5. The van der Waals surface area contributed by atoms with Crippen LogP contribution in [0.15, 0.2) is 146 Å². The van der Waals surface area contributed by atoms with E-state index in [9.17, 15) is 39.6 Å². The first-order valence-corrected chi connectivity index (χ1v) is 24.1. The van der Waals surface area contributed by atoms with Gasteiger partial charge in [-0.3, -0.25) is 19.2 Å². The number of rotatable bonds is 20. The van der Waals surface area contributed by atoms with Gasteiger partial charge in [-0.2, -0.15) is 17.5 Å². The van der Waals surface area contributed by atoms with E-state index in [-0.39, 0.29) is 37.5 Å². The van der Waals surface area contributed by atoms with Crippen LogP contribution < -0.4 is 9.80 Å². The SMILES string of the molecule is O=C(O)CCc1ccc(N(c2ccc(CCC(=O)O)cc2)c2ccc(C3c4nsnc4C(c4ccc(N(c5ccc(CCC(=O)O)cc5)c5ccc(CCC(=O)O)cc5)cc4)c4nsnc43)cc2)cc1. The highest BCUT2D eigenvalue weighted by Gasteiger charge is 2.40. The van der Waals surface area contributed by atoms with Crippen molar-refractivity contribution in [1.82, 2.24) is 17.5 Å². The number of aromatic nitrogens is 4. The van der Waals surface area contributed by atoms with Crippen LogP contribution in [0, 0.1) is 0 Å². The van der Waals surface area contributed by atoms with Gasteiger partial charge in [-0.05, 0) is 132 Å². The van der Waals surface area contributed by atoms with Gasteiger partial charge in [0.25, 0.3) is 0 Å². The van der Waals surface area contributed by atoms with Gasteiger partial charge in [0.15, 0.2) is 0 Å². The summed E-state index contributed by atoms with van der Waals surface area (Å²) in [5.74, 6) is -4.06. The van der Waals surface area contributed by atoms with E-state index in [4.69, 9.17) is 17.5 Å². The summed E-state index contributed by atoms with van der Waals surface area (Å²) in [6.45, 7) is 0. The number of benzene rings is 6. The van der Waals surface area contributed by atoms with Crippen LogP contribution in [0.3, 0.4) is 0 Å². The van der Waals surface area contributed by atoms with Gasteiger partial charge >= 0.3 is 23.9 Å². The maximum Gasteiger partial charge on any atom is 0.303 e. The number of fused-ring (bicyclic) bond motifs is 2. The van der Waals surface area contributed by atoms with E-state index in [0.29, 0.717) is 25.7 Å². The molecule has 1 aliphatic carbocycles. The molecule has 4 N–H and O–H groups in total. The Hall–Kier alpha value is -8.08. The van der Waals surface area contributed by atoms with Gasteiger partial charge < -0.3 is 30.2 Å². The second-order valence-corrected chi connectivity index (χ2v) is 18.1. The Kier molecular flexibility index (Phi) is 14.1. The third-order valence-corrected chi connectivity index (χ3v) is 13.5. The summed E-state index contributed by atoms with van der Waals surface area (Å²) >= 11 is 2.31. The van der Waals surface area contributed by atoms with Crippen molar-refractivity contribution in [3.8, 4) is 0 Å². The Bertz CT molecular complexity index is 2750. The molecule has 0 bridgehead atoms. The molecule has 0 radical (unpaired) electrons. The minimum absolute atomic E-state index is 0.0359. The highest BCUT2D eigenvalue weighted by molar-refractivity contribution is 6.99. The van der Waals surface area contributed by atoms with E-state index in [1.807, 2.05) is 97.1 Å². The second kappa shape index (κ2) is 21.1. The van der Waals surface area contributed by atoms with Crippen LogP contribution in [0.4, 0.5) is 34.1 Å². The van der Waals surface area contributed by atoms with E-state index < -0.39 is 23.9 Å². The molecule has 70 heavy (non-hydrogen) atoms. The van der Waals surface area contributed by atoms with Crippen molar-refractivity contribution in [3.05, 3.63) is 202 Å². The van der Waals surface area contributed by atoms with E-state index >= 15 is 0 Å². The molecule has 352 valence electrons. The Morgan fingerprint density at radius 2 is 0.543 bits per heavy atom. The summed E-state index contributed by atoms with van der Waals surface area (Å²) in [6.07, 6.45) is 1.81. The fourth-order valence-corrected chi connectivity index (χ4v) is 10.1. The van der Waals surface area contributed by atoms with Crippen LogP contribution in [0.25, 0.3) is 0 Å². The van der Waals surface area contributed by atoms with Crippen LogP contribution >= 0.6 is 23.5 Å². The number of hydrogen-bond donors (Lipinski definition) is 4. The minimum atomic E-state index is -0.852. The Labute approximate surface area is 411 Å². The van der Waals surface area contributed by atoms with Crippen molar-refractivity contribution in [3.63, 3.8) is 0 Å². The Morgan fingerprint density at radius 1 is 0.343 bits per heavy atom. The molecule has 0 saturated heterocycles. The van der Waals surface area contributed by atoms with Gasteiger partial charge in [-0.15, -0.1) is 0 Å². The molecule has 9 rings (SSSR count). The molecule has 0 spiro atoms. The number of hydrogen-bond acceptors (Lipinski definition) is 12. The summed E-state index contributed by atoms with van der Waals surface area (Å²) in [7, 11) is 0. The molecular formula is C54H46N6O8S2. The lowest BCUT2D eigenvalue weighted by atomic mass is 9.77. The molecule has 2 heterocycles. The first-order chi connectivity index (χ1) is 34.0. The normalized spacial score (nSPS) is 13.8. The van der Waals surface area contributed by atoms with Gasteiger partial charge in [-0.25, -0.2) is 0 Å². The number of aryl methyl sites for hydroxylation is 4. The van der Waals surface area contributed by atoms with Crippen LogP contribution in [-0.4, -0.2) is 61.8 Å². The molecule has 14 nitrogen and oxygen atoms in total. The fraction of sp³-hybridized carbons (Fsp3) is 0.185. The topological polar surface area (TPSA) is 207 Å². The largest absolute Gasteiger partial charge is 0.481 e. The lowest BCUT2D eigenvalue weighted by Gasteiger charge is -2.29. The molecule has 0 atom stereocenters. The van der Waals surface area contributed by atoms with Crippen LogP contribution in [0.5, 0.6) is 0 Å². The number of nitrogens with zero attached hydrogens (tertiary/aromatic N) is 6. The molecule has 8 aromatic rings. The van der Waals surface area contributed by atoms with Gasteiger partial charge in [0.05, 0.1) is 58.1 Å². The second-order valence-electron chi connectivity index (χ2n) is 17.0. The Balaban J connectivity index is 1.01. The highest BCUT2D eigenvalue weighted by Crippen LogP contribution is 2.48. The standard InChI is InChI=1S/C54H46N6O8S2/c61-45(62)29-9-33-1-17-39(18-2-33)59(40-19-3-34(4-20-40)10-30-46(63)64)43-25-13-37(14-26-43)49-51-53(57-69-55-51)50(54-52(49)56-70-58-54)38-15-27-44(28-16-38)60(41-21-5-35(6-22-41)11-31-47(65)66)42-23-7-36(8-24-42)12-32-48(67)68/h1-8,13-28,49-50H,9-12,29-32H2,(H,61,62)(H,63,64)(H,65,66)(H,67,68). The summed E-state index contributed by atoms with van der Waals surface area (Å²) in [5, 5.41) is 37.0. The first kappa shape index (κ1) is 47.0. The van der Waals surface area contributed by atoms with Crippen molar-refractivity contribution in [1.29, 1.82) is 0 Å². The average Bonchev–Trinajstić information content (AvgIpc) is 4.06. The van der Waals surface area contributed by atoms with Crippen LogP contribution in [0.2, 0.25) is 0 Å². The molecule has 1 aliphatic rings. The summed E-state index contributed by atoms with van der Waals surface area (Å²) in [5.41, 5.74) is 14.0. The molecule has 6 aromatic carbocycles. The minimum Gasteiger partial charge on any atom is -0.481 e. The average molecular weight is 971 g/mol. The number of carbonyl (C=O) groups is 4. The smallest absolute Gasteiger partial charge is 0.303 e.